The standard InChI is InChI=1S/C21H17ClN2O2/c22-18-14-8-7-13-17(18)21(26)24-23-19(15-9-3-1-4-10-15)20(25)16-11-5-2-6-12-16/h1-14,20,25H,(H,24,26)/b23-19+/t20-/m1/s1. The molecule has 3 aromatic rings. The van der Waals surface area contributed by atoms with Crippen molar-refractivity contribution in [3.05, 3.63) is 107 Å². The highest BCUT2D eigenvalue weighted by atomic mass is 35.5. The first-order chi connectivity index (χ1) is 12.7. The Labute approximate surface area is 156 Å². The van der Waals surface area contributed by atoms with E-state index >= 15 is 0 Å². The number of halogens is 1. The third-order valence-electron chi connectivity index (χ3n) is 3.84. The lowest BCUT2D eigenvalue weighted by Gasteiger charge is -2.15. The van der Waals surface area contributed by atoms with E-state index in [2.05, 4.69) is 10.5 Å². The number of carbonyl (C=O) groups excluding carboxylic acids is 1. The molecule has 130 valence electrons. The van der Waals surface area contributed by atoms with E-state index in [0.29, 0.717) is 27.4 Å². The van der Waals surface area contributed by atoms with Gasteiger partial charge in [0.2, 0.25) is 0 Å². The van der Waals surface area contributed by atoms with Crippen LogP contribution in [0.2, 0.25) is 5.02 Å². The summed E-state index contributed by atoms with van der Waals surface area (Å²) in [5.74, 6) is -0.440. The molecule has 3 aromatic carbocycles. The van der Waals surface area contributed by atoms with Gasteiger partial charge in [-0.1, -0.05) is 84.4 Å². The highest BCUT2D eigenvalue weighted by Gasteiger charge is 2.18. The van der Waals surface area contributed by atoms with Crippen LogP contribution in [0.3, 0.4) is 0 Å². The summed E-state index contributed by atoms with van der Waals surface area (Å²) in [5, 5.41) is 15.3. The average molecular weight is 365 g/mol. The van der Waals surface area contributed by atoms with E-state index in [4.69, 9.17) is 11.6 Å². The quantitative estimate of drug-likeness (QED) is 0.526. The molecule has 0 heterocycles. The summed E-state index contributed by atoms with van der Waals surface area (Å²) in [5.41, 5.74) is 4.55. The molecule has 1 atom stereocenters. The fourth-order valence-corrected chi connectivity index (χ4v) is 2.72. The van der Waals surface area contributed by atoms with E-state index in [9.17, 15) is 9.90 Å². The summed E-state index contributed by atoms with van der Waals surface area (Å²) >= 11 is 6.05. The molecule has 0 aliphatic carbocycles. The minimum Gasteiger partial charge on any atom is -0.382 e. The van der Waals surface area contributed by atoms with E-state index < -0.39 is 12.0 Å². The van der Waals surface area contributed by atoms with Crippen LogP contribution < -0.4 is 5.43 Å². The molecular weight excluding hydrogens is 348 g/mol. The van der Waals surface area contributed by atoms with Crippen molar-refractivity contribution >= 4 is 23.2 Å². The van der Waals surface area contributed by atoms with Crippen molar-refractivity contribution in [2.75, 3.05) is 0 Å². The normalized spacial score (nSPS) is 12.5. The second-order valence-electron chi connectivity index (χ2n) is 5.60. The van der Waals surface area contributed by atoms with Crippen molar-refractivity contribution in [2.45, 2.75) is 6.10 Å². The zero-order valence-electron chi connectivity index (χ0n) is 13.8. The molecule has 2 N–H and O–H groups in total. The van der Waals surface area contributed by atoms with Gasteiger partial charge >= 0.3 is 0 Å². The van der Waals surface area contributed by atoms with Crippen LogP contribution in [0.15, 0.2) is 90.0 Å². The van der Waals surface area contributed by atoms with E-state index in [1.807, 2.05) is 48.5 Å². The van der Waals surface area contributed by atoms with Gasteiger partial charge in [-0.2, -0.15) is 5.10 Å². The number of benzene rings is 3. The first-order valence-electron chi connectivity index (χ1n) is 8.07. The molecule has 0 unspecified atom stereocenters. The molecule has 0 saturated heterocycles. The molecular formula is C21H17ClN2O2. The van der Waals surface area contributed by atoms with E-state index in [1.54, 1.807) is 36.4 Å². The van der Waals surface area contributed by atoms with Gasteiger partial charge in [-0.15, -0.1) is 0 Å². The monoisotopic (exact) mass is 364 g/mol. The topological polar surface area (TPSA) is 61.7 Å². The Balaban J connectivity index is 1.92. The van der Waals surface area contributed by atoms with Gasteiger partial charge < -0.3 is 5.11 Å². The van der Waals surface area contributed by atoms with Crippen molar-refractivity contribution in [3.8, 4) is 0 Å². The number of rotatable bonds is 5. The summed E-state index contributed by atoms with van der Waals surface area (Å²) in [7, 11) is 0. The fraction of sp³-hybridized carbons (Fsp3) is 0.0476. The van der Waals surface area contributed by atoms with Gasteiger partial charge in [0, 0.05) is 5.56 Å². The molecule has 3 rings (SSSR count). The minimum atomic E-state index is -0.981. The second kappa shape index (κ2) is 8.43. The van der Waals surface area contributed by atoms with Gasteiger partial charge in [0.15, 0.2) is 0 Å². The molecule has 1 amide bonds. The number of nitrogens with one attached hydrogen (secondary N) is 1. The Hall–Kier alpha value is -2.95. The molecule has 0 spiro atoms. The van der Waals surface area contributed by atoms with E-state index in [-0.39, 0.29) is 0 Å². The van der Waals surface area contributed by atoms with Crippen LogP contribution in [0.4, 0.5) is 0 Å². The molecule has 0 aliphatic rings. The molecule has 0 fully saturated rings. The summed E-state index contributed by atoms with van der Waals surface area (Å²) < 4.78 is 0. The number of aliphatic hydroxyl groups is 1. The van der Waals surface area contributed by atoms with Crippen molar-refractivity contribution in [3.63, 3.8) is 0 Å². The Morgan fingerprint density at radius 2 is 1.46 bits per heavy atom. The molecule has 4 nitrogen and oxygen atoms in total. The lowest BCUT2D eigenvalue weighted by molar-refractivity contribution is 0.0954. The summed E-state index contributed by atoms with van der Waals surface area (Å²) in [6.45, 7) is 0. The highest BCUT2D eigenvalue weighted by Crippen LogP contribution is 2.19. The first-order valence-corrected chi connectivity index (χ1v) is 8.45. The van der Waals surface area contributed by atoms with Gasteiger partial charge in [0.25, 0.3) is 5.91 Å². The van der Waals surface area contributed by atoms with Crippen LogP contribution in [0.1, 0.15) is 27.6 Å². The average Bonchev–Trinajstić information content (AvgIpc) is 2.69. The highest BCUT2D eigenvalue weighted by molar-refractivity contribution is 6.33. The molecule has 26 heavy (non-hydrogen) atoms. The third kappa shape index (κ3) is 4.17. The van der Waals surface area contributed by atoms with Crippen LogP contribution in [0.5, 0.6) is 0 Å². The van der Waals surface area contributed by atoms with Crippen molar-refractivity contribution in [1.29, 1.82) is 0 Å². The van der Waals surface area contributed by atoms with Crippen LogP contribution >= 0.6 is 11.6 Å². The Kier molecular flexibility index (Phi) is 5.79. The maximum Gasteiger partial charge on any atom is 0.272 e. The summed E-state index contributed by atoms with van der Waals surface area (Å²) in [6, 6.07) is 25.1. The predicted octanol–water partition coefficient (Wildman–Crippen LogP) is 4.21. The lowest BCUT2D eigenvalue weighted by atomic mass is 9.99. The molecule has 0 aromatic heterocycles. The van der Waals surface area contributed by atoms with E-state index in [0.717, 1.165) is 0 Å². The third-order valence-corrected chi connectivity index (χ3v) is 4.17. The van der Waals surface area contributed by atoms with Gasteiger partial charge in [-0.05, 0) is 17.7 Å². The zero-order chi connectivity index (χ0) is 18.4. The minimum absolute atomic E-state index is 0.319. The van der Waals surface area contributed by atoms with Crippen LogP contribution in [-0.4, -0.2) is 16.7 Å². The summed E-state index contributed by atoms with van der Waals surface area (Å²) in [4.78, 5) is 12.4. The maximum absolute atomic E-state index is 12.4. The fourth-order valence-electron chi connectivity index (χ4n) is 2.50. The number of nitrogens with zero attached hydrogens (tertiary/aromatic N) is 1. The van der Waals surface area contributed by atoms with E-state index in [1.165, 1.54) is 0 Å². The van der Waals surface area contributed by atoms with Gasteiger partial charge in [-0.25, -0.2) is 5.43 Å². The number of hydrazone groups is 1. The van der Waals surface area contributed by atoms with Gasteiger partial charge in [0.05, 0.1) is 10.6 Å². The smallest absolute Gasteiger partial charge is 0.272 e. The van der Waals surface area contributed by atoms with Crippen LogP contribution in [-0.2, 0) is 0 Å². The Bertz CT molecular complexity index is 912. The predicted molar refractivity (Wildman–Crippen MR) is 103 cm³/mol. The number of carbonyl (C=O) groups is 1. The second-order valence-corrected chi connectivity index (χ2v) is 6.00. The number of amides is 1. The zero-order valence-corrected chi connectivity index (χ0v) is 14.6. The molecule has 0 radical (unpaired) electrons. The Morgan fingerprint density at radius 3 is 2.12 bits per heavy atom. The van der Waals surface area contributed by atoms with Crippen LogP contribution in [0, 0.1) is 0 Å². The number of hydrogen-bond donors (Lipinski definition) is 2. The van der Waals surface area contributed by atoms with Gasteiger partial charge in [0.1, 0.15) is 11.8 Å². The number of hydrogen-bond acceptors (Lipinski definition) is 3. The first kappa shape index (κ1) is 17.9. The Morgan fingerprint density at radius 1 is 0.885 bits per heavy atom. The van der Waals surface area contributed by atoms with Crippen molar-refractivity contribution < 1.29 is 9.90 Å². The van der Waals surface area contributed by atoms with Crippen LogP contribution in [0.25, 0.3) is 0 Å². The molecule has 0 aliphatic heterocycles. The molecule has 0 bridgehead atoms. The number of aliphatic hydroxyl groups excluding tert-OH is 1. The van der Waals surface area contributed by atoms with Gasteiger partial charge in [-0.3, -0.25) is 4.79 Å². The van der Waals surface area contributed by atoms with Crippen molar-refractivity contribution in [1.82, 2.24) is 5.43 Å². The largest absolute Gasteiger partial charge is 0.382 e. The maximum atomic E-state index is 12.4. The SMILES string of the molecule is O=C(N/N=C(\c1ccccc1)[C@H](O)c1ccccc1)c1ccccc1Cl. The molecule has 0 saturated carbocycles. The summed E-state index contributed by atoms with van der Waals surface area (Å²) in [6.07, 6.45) is -0.981. The lowest BCUT2D eigenvalue weighted by Crippen LogP contribution is -2.23. The van der Waals surface area contributed by atoms with Crippen molar-refractivity contribution in [2.24, 2.45) is 5.10 Å². The molecule has 5 heteroatoms.